The molecule has 140 valence electrons. The second-order valence-electron chi connectivity index (χ2n) is 6.71. The Balaban J connectivity index is 2.37. The highest BCUT2D eigenvalue weighted by atomic mass is 32.2. The zero-order valence-corrected chi connectivity index (χ0v) is 17.0. The number of hydrogen-bond donors (Lipinski definition) is 1. The molecule has 0 spiro atoms. The van der Waals surface area contributed by atoms with Gasteiger partial charge in [-0.3, -0.25) is 4.79 Å². The van der Waals surface area contributed by atoms with E-state index in [0.717, 1.165) is 16.7 Å². The third-order valence-electron chi connectivity index (χ3n) is 4.68. The van der Waals surface area contributed by atoms with Crippen LogP contribution in [0.2, 0.25) is 0 Å². The van der Waals surface area contributed by atoms with Gasteiger partial charge in [0.1, 0.15) is 0 Å². The Bertz CT molecular complexity index is 950. The molecule has 5 nitrogen and oxygen atoms in total. The van der Waals surface area contributed by atoms with Crippen molar-refractivity contribution in [1.82, 2.24) is 9.62 Å². The quantitative estimate of drug-likeness (QED) is 0.874. The first-order chi connectivity index (χ1) is 12.1. The van der Waals surface area contributed by atoms with Gasteiger partial charge in [0.05, 0.1) is 4.90 Å². The zero-order valence-electron chi connectivity index (χ0n) is 16.2. The first-order valence-corrected chi connectivity index (χ1v) is 9.91. The molecule has 0 atom stereocenters. The molecule has 0 radical (unpaired) electrons. The third-order valence-corrected chi connectivity index (χ3v) is 6.22. The molecule has 6 heteroatoms. The van der Waals surface area contributed by atoms with Gasteiger partial charge in [0, 0.05) is 19.2 Å². The number of benzene rings is 2. The Hall–Kier alpha value is -2.18. The standard InChI is InChI=1S/C20H26N2O3S/c1-13-7-8-17(15(3)9-13)12-22(6)20(23)18-10-14(2)16(4)19(11-18)26(24,25)21-5/h7-11,21H,12H2,1-6H3. The van der Waals surface area contributed by atoms with E-state index in [4.69, 9.17) is 0 Å². The molecule has 0 heterocycles. The maximum absolute atomic E-state index is 12.9. The van der Waals surface area contributed by atoms with Gasteiger partial charge in [-0.15, -0.1) is 0 Å². The molecule has 1 N–H and O–H groups in total. The third kappa shape index (κ3) is 4.14. The van der Waals surface area contributed by atoms with Crippen molar-refractivity contribution in [3.8, 4) is 0 Å². The fraction of sp³-hybridized carbons (Fsp3) is 0.350. The van der Waals surface area contributed by atoms with Gasteiger partial charge < -0.3 is 4.90 Å². The predicted octanol–water partition coefficient (Wildman–Crippen LogP) is 3.10. The molecule has 0 saturated heterocycles. The van der Waals surface area contributed by atoms with E-state index in [2.05, 4.69) is 10.8 Å². The minimum absolute atomic E-state index is 0.142. The van der Waals surface area contributed by atoms with Gasteiger partial charge in [-0.05, 0) is 69.1 Å². The monoisotopic (exact) mass is 374 g/mol. The van der Waals surface area contributed by atoms with E-state index in [-0.39, 0.29) is 10.8 Å². The first-order valence-electron chi connectivity index (χ1n) is 8.43. The summed E-state index contributed by atoms with van der Waals surface area (Å²) in [5, 5.41) is 0. The fourth-order valence-corrected chi connectivity index (χ4v) is 3.98. The van der Waals surface area contributed by atoms with E-state index in [1.807, 2.05) is 32.9 Å². The van der Waals surface area contributed by atoms with Crippen molar-refractivity contribution in [1.29, 1.82) is 0 Å². The lowest BCUT2D eigenvalue weighted by molar-refractivity contribution is 0.0784. The van der Waals surface area contributed by atoms with Crippen molar-refractivity contribution in [3.05, 3.63) is 63.7 Å². The van der Waals surface area contributed by atoms with Gasteiger partial charge in [0.25, 0.3) is 5.91 Å². The van der Waals surface area contributed by atoms with Crippen LogP contribution in [0.5, 0.6) is 0 Å². The van der Waals surface area contributed by atoms with Gasteiger partial charge in [-0.1, -0.05) is 23.8 Å². The number of rotatable bonds is 5. The van der Waals surface area contributed by atoms with E-state index in [0.29, 0.717) is 17.7 Å². The average Bonchev–Trinajstić information content (AvgIpc) is 2.58. The van der Waals surface area contributed by atoms with Crippen molar-refractivity contribution in [2.45, 2.75) is 39.1 Å². The second-order valence-corrected chi connectivity index (χ2v) is 8.57. The van der Waals surface area contributed by atoms with E-state index >= 15 is 0 Å². The number of nitrogens with one attached hydrogen (secondary N) is 1. The number of hydrogen-bond acceptors (Lipinski definition) is 3. The normalized spacial score (nSPS) is 11.5. The number of sulfonamides is 1. The summed E-state index contributed by atoms with van der Waals surface area (Å²) in [6.45, 7) is 8.07. The van der Waals surface area contributed by atoms with Crippen molar-refractivity contribution in [2.75, 3.05) is 14.1 Å². The predicted molar refractivity (Wildman–Crippen MR) is 104 cm³/mol. The summed E-state index contributed by atoms with van der Waals surface area (Å²) in [7, 11) is -0.533. The van der Waals surface area contributed by atoms with Crippen molar-refractivity contribution in [3.63, 3.8) is 0 Å². The molecule has 2 aromatic carbocycles. The largest absolute Gasteiger partial charge is 0.337 e. The number of carbonyl (C=O) groups excluding carboxylic acids is 1. The average molecular weight is 375 g/mol. The molecule has 0 unspecified atom stereocenters. The Morgan fingerprint density at radius 3 is 2.27 bits per heavy atom. The SMILES string of the molecule is CNS(=O)(=O)c1cc(C(=O)N(C)Cc2ccc(C)cc2C)cc(C)c1C. The molecule has 1 amide bonds. The highest BCUT2D eigenvalue weighted by Gasteiger charge is 2.21. The molecule has 0 aliphatic carbocycles. The van der Waals surface area contributed by atoms with Gasteiger partial charge in [-0.25, -0.2) is 13.1 Å². The summed E-state index contributed by atoms with van der Waals surface area (Å²) < 4.78 is 26.8. The van der Waals surface area contributed by atoms with Crippen LogP contribution in [0.3, 0.4) is 0 Å². The highest BCUT2D eigenvalue weighted by Crippen LogP contribution is 2.22. The molecule has 26 heavy (non-hydrogen) atoms. The lowest BCUT2D eigenvalue weighted by atomic mass is 10.0. The maximum Gasteiger partial charge on any atom is 0.253 e. The highest BCUT2D eigenvalue weighted by molar-refractivity contribution is 7.89. The second kappa shape index (κ2) is 7.60. The van der Waals surface area contributed by atoms with Crippen molar-refractivity contribution < 1.29 is 13.2 Å². The number of nitrogens with zero attached hydrogens (tertiary/aromatic N) is 1. The fourth-order valence-electron chi connectivity index (χ4n) is 2.91. The van der Waals surface area contributed by atoms with Gasteiger partial charge in [-0.2, -0.15) is 0 Å². The summed E-state index contributed by atoms with van der Waals surface area (Å²) in [6.07, 6.45) is 0. The van der Waals surface area contributed by atoms with Crippen molar-refractivity contribution in [2.24, 2.45) is 0 Å². The van der Waals surface area contributed by atoms with E-state index in [9.17, 15) is 13.2 Å². The van der Waals surface area contributed by atoms with Crippen LogP contribution in [0.1, 0.15) is 38.2 Å². The zero-order chi connectivity index (χ0) is 19.6. The number of carbonyl (C=O) groups is 1. The van der Waals surface area contributed by atoms with Crippen LogP contribution in [-0.2, 0) is 16.6 Å². The van der Waals surface area contributed by atoms with Crippen LogP contribution in [0.4, 0.5) is 0 Å². The van der Waals surface area contributed by atoms with Crippen LogP contribution in [-0.4, -0.2) is 33.3 Å². The molecular weight excluding hydrogens is 348 g/mol. The van der Waals surface area contributed by atoms with Crippen LogP contribution in [0.15, 0.2) is 35.2 Å². The molecule has 0 aromatic heterocycles. The molecule has 2 rings (SSSR count). The van der Waals surface area contributed by atoms with Crippen LogP contribution >= 0.6 is 0 Å². The topological polar surface area (TPSA) is 66.5 Å². The minimum atomic E-state index is -3.62. The lowest BCUT2D eigenvalue weighted by Crippen LogP contribution is -2.27. The summed E-state index contributed by atoms with van der Waals surface area (Å²) in [6, 6.07) is 9.32. The summed E-state index contributed by atoms with van der Waals surface area (Å²) in [5.41, 5.74) is 5.16. The molecule has 0 fully saturated rings. The van der Waals surface area contributed by atoms with Crippen LogP contribution in [0.25, 0.3) is 0 Å². The van der Waals surface area contributed by atoms with Gasteiger partial charge in [0.15, 0.2) is 0 Å². The van der Waals surface area contributed by atoms with Crippen LogP contribution < -0.4 is 4.72 Å². The maximum atomic E-state index is 12.9. The van der Waals surface area contributed by atoms with E-state index < -0.39 is 10.0 Å². The van der Waals surface area contributed by atoms with E-state index in [1.165, 1.54) is 18.7 Å². The Morgan fingerprint density at radius 2 is 1.69 bits per heavy atom. The molecular formula is C20H26N2O3S. The lowest BCUT2D eigenvalue weighted by Gasteiger charge is -2.20. The van der Waals surface area contributed by atoms with E-state index in [1.54, 1.807) is 24.9 Å². The molecule has 0 bridgehead atoms. The molecule has 2 aromatic rings. The molecule has 0 saturated carbocycles. The minimum Gasteiger partial charge on any atom is -0.337 e. The first kappa shape index (κ1) is 20.1. The Labute approximate surface area is 156 Å². The van der Waals surface area contributed by atoms with Crippen LogP contribution in [0, 0.1) is 27.7 Å². The smallest absolute Gasteiger partial charge is 0.253 e. The van der Waals surface area contributed by atoms with Gasteiger partial charge in [0.2, 0.25) is 10.0 Å². The Morgan fingerprint density at radius 1 is 1.04 bits per heavy atom. The summed E-state index contributed by atoms with van der Waals surface area (Å²) in [4.78, 5) is 14.6. The number of aryl methyl sites for hydroxylation is 3. The summed E-state index contributed by atoms with van der Waals surface area (Å²) in [5.74, 6) is -0.208. The summed E-state index contributed by atoms with van der Waals surface area (Å²) >= 11 is 0. The Kier molecular flexibility index (Phi) is 5.88. The number of amides is 1. The van der Waals surface area contributed by atoms with Gasteiger partial charge >= 0.3 is 0 Å². The molecule has 0 aliphatic rings. The molecule has 0 aliphatic heterocycles. The van der Waals surface area contributed by atoms with Crippen molar-refractivity contribution >= 4 is 15.9 Å².